The number of nitrogens with one attached hydrogen (secondary N) is 2. The molecule has 38 heavy (non-hydrogen) atoms. The van der Waals surface area contributed by atoms with E-state index in [-0.39, 0.29) is 22.5 Å². The molecule has 0 bridgehead atoms. The minimum Gasteiger partial charge on any atom is -0.744 e. The molecular weight excluding hydrogens is 528 g/mol. The third kappa shape index (κ3) is 12.9. The highest BCUT2D eigenvalue weighted by molar-refractivity contribution is 7.86. The first-order valence-corrected chi connectivity index (χ1v) is 15.6. The summed E-state index contributed by atoms with van der Waals surface area (Å²) in [5.74, 6) is 0. The van der Waals surface area contributed by atoms with Gasteiger partial charge in [-0.25, -0.2) is 16.8 Å². The van der Waals surface area contributed by atoms with Crippen molar-refractivity contribution in [3.8, 4) is 0 Å². The lowest BCUT2D eigenvalue weighted by Gasteiger charge is -2.13. The monoisotopic (exact) mass is 572 g/mol. The predicted molar refractivity (Wildman–Crippen MR) is 152 cm³/mol. The maximum Gasteiger partial charge on any atom is 0.125 e. The van der Waals surface area contributed by atoms with Crippen molar-refractivity contribution in [3.05, 3.63) is 47.5 Å². The number of nitrogens with two attached hydrogens (primary N) is 2. The van der Waals surface area contributed by atoms with Gasteiger partial charge in [0.05, 0.1) is 49.1 Å². The lowest BCUT2D eigenvalue weighted by atomic mass is 10.1. The number of hydrogen-bond acceptors (Lipinski definition) is 8. The zero-order chi connectivity index (χ0) is 29.5. The molecule has 12 heteroatoms. The lowest BCUT2D eigenvalue weighted by Crippen LogP contribution is -3.11. The van der Waals surface area contributed by atoms with Crippen LogP contribution in [0.2, 0.25) is 0 Å². The highest BCUT2D eigenvalue weighted by Gasteiger charge is 2.10. The van der Waals surface area contributed by atoms with Gasteiger partial charge in [0.1, 0.15) is 20.2 Å². The highest BCUT2D eigenvalue weighted by Crippen LogP contribution is 2.24. The van der Waals surface area contributed by atoms with E-state index in [1.165, 1.54) is 75.7 Å². The maximum atomic E-state index is 11.3. The van der Waals surface area contributed by atoms with Gasteiger partial charge in [0.2, 0.25) is 0 Å². The number of nitrogen functional groups attached to an aromatic ring is 2. The molecule has 216 valence electrons. The van der Waals surface area contributed by atoms with Crippen LogP contribution in [0, 0.1) is 0 Å². The SMILES string of the molecule is CC[NH+](CC)CC.CC[NH+](CC)CC.Nc1ccc(/C=C/c2ccc(N)cc2S(=O)(=O)[O-])c(S(=O)(=O)[O-])c1. The van der Waals surface area contributed by atoms with E-state index < -0.39 is 30.0 Å². The minimum absolute atomic E-state index is 0.00488. The predicted octanol–water partition coefficient (Wildman–Crippen LogP) is 0.692. The maximum absolute atomic E-state index is 11.3. The second kappa shape index (κ2) is 17.2. The summed E-state index contributed by atoms with van der Waals surface area (Å²) in [6.07, 6.45) is 2.40. The second-order valence-corrected chi connectivity index (χ2v) is 11.2. The van der Waals surface area contributed by atoms with Gasteiger partial charge >= 0.3 is 0 Å². The van der Waals surface area contributed by atoms with Gasteiger partial charge in [-0.1, -0.05) is 24.3 Å². The second-order valence-electron chi connectivity index (χ2n) is 8.46. The average Bonchev–Trinajstić information content (AvgIpc) is 2.85. The summed E-state index contributed by atoms with van der Waals surface area (Å²) in [6.45, 7) is 21.0. The van der Waals surface area contributed by atoms with E-state index in [0.717, 1.165) is 12.1 Å². The van der Waals surface area contributed by atoms with Crippen LogP contribution in [0.3, 0.4) is 0 Å². The van der Waals surface area contributed by atoms with Crippen LogP contribution < -0.4 is 21.3 Å². The Labute approximate surface area is 228 Å². The number of quaternary nitrogens is 2. The Hall–Kier alpha value is -2.48. The van der Waals surface area contributed by atoms with Crippen molar-refractivity contribution in [2.75, 3.05) is 50.7 Å². The van der Waals surface area contributed by atoms with Crippen molar-refractivity contribution in [1.29, 1.82) is 0 Å². The molecule has 6 N–H and O–H groups in total. The van der Waals surface area contributed by atoms with E-state index in [1.807, 2.05) is 0 Å². The molecule has 0 aliphatic carbocycles. The summed E-state index contributed by atoms with van der Waals surface area (Å²) in [5, 5.41) is 0. The van der Waals surface area contributed by atoms with Gasteiger partial charge in [-0.05, 0) is 76.9 Å². The molecule has 0 saturated carbocycles. The van der Waals surface area contributed by atoms with Crippen LogP contribution in [0.25, 0.3) is 12.2 Å². The summed E-state index contributed by atoms with van der Waals surface area (Å²) in [6, 6.07) is 7.33. The number of rotatable bonds is 10. The summed E-state index contributed by atoms with van der Waals surface area (Å²) >= 11 is 0. The van der Waals surface area contributed by atoms with E-state index in [9.17, 15) is 25.9 Å². The quantitative estimate of drug-likeness (QED) is 0.183. The summed E-state index contributed by atoms with van der Waals surface area (Å²) in [5.41, 5.74) is 11.1. The molecule has 0 aliphatic heterocycles. The van der Waals surface area contributed by atoms with E-state index in [1.54, 1.807) is 9.80 Å². The molecule has 0 amide bonds. The van der Waals surface area contributed by atoms with E-state index in [2.05, 4.69) is 41.5 Å². The first-order valence-electron chi connectivity index (χ1n) is 12.7. The average molecular weight is 573 g/mol. The molecule has 2 rings (SSSR count). The topological polar surface area (TPSA) is 175 Å². The molecule has 2 aromatic carbocycles. The fraction of sp³-hybridized carbons (Fsp3) is 0.462. The van der Waals surface area contributed by atoms with Crippen molar-refractivity contribution in [3.63, 3.8) is 0 Å². The van der Waals surface area contributed by atoms with Crippen molar-refractivity contribution in [2.24, 2.45) is 0 Å². The van der Waals surface area contributed by atoms with Crippen LogP contribution >= 0.6 is 0 Å². The van der Waals surface area contributed by atoms with Crippen molar-refractivity contribution < 1.29 is 35.7 Å². The summed E-state index contributed by atoms with van der Waals surface area (Å²) < 4.78 is 67.7. The Balaban J connectivity index is 0.000000804. The Kier molecular flexibility index (Phi) is 16.1. The van der Waals surface area contributed by atoms with Crippen LogP contribution in [-0.4, -0.2) is 65.2 Å². The number of anilines is 2. The Morgan fingerprint density at radius 3 is 1.05 bits per heavy atom. The summed E-state index contributed by atoms with van der Waals surface area (Å²) in [4.78, 5) is 2.25. The molecule has 0 radical (unpaired) electrons. The van der Waals surface area contributed by atoms with Crippen LogP contribution in [0.1, 0.15) is 52.7 Å². The fourth-order valence-corrected chi connectivity index (χ4v) is 4.90. The molecule has 0 saturated heterocycles. The molecule has 0 atom stereocenters. The molecular formula is C26H44N4O6S2. The first-order chi connectivity index (χ1) is 17.7. The first kappa shape index (κ1) is 35.5. The molecule has 0 heterocycles. The Morgan fingerprint density at radius 2 is 0.868 bits per heavy atom. The van der Waals surface area contributed by atoms with E-state index >= 15 is 0 Å². The minimum atomic E-state index is -4.79. The standard InChI is InChI=1S/C14H14N2O6S2.2C6H15N/c15-11-5-3-9(13(7-11)23(17,18)19)1-2-10-4-6-12(16)8-14(10)24(20,21)22;2*1-4-7(5-2)6-3/h1-8H,15-16H2,(H,17,18,19)(H,20,21,22);2*4-6H2,1-3H3/b2-1+;;. The van der Waals surface area contributed by atoms with Gasteiger partial charge in [0, 0.05) is 11.4 Å². The molecule has 0 aromatic heterocycles. The van der Waals surface area contributed by atoms with Gasteiger partial charge in [-0.2, -0.15) is 0 Å². The van der Waals surface area contributed by atoms with Crippen molar-refractivity contribution in [2.45, 2.75) is 51.3 Å². The number of benzene rings is 2. The van der Waals surface area contributed by atoms with E-state index in [4.69, 9.17) is 11.5 Å². The van der Waals surface area contributed by atoms with Crippen LogP contribution in [0.5, 0.6) is 0 Å². The molecule has 0 fully saturated rings. The molecule has 0 unspecified atom stereocenters. The van der Waals surface area contributed by atoms with Crippen LogP contribution in [0.15, 0.2) is 46.2 Å². The van der Waals surface area contributed by atoms with Gasteiger partial charge in [0.15, 0.2) is 0 Å². The van der Waals surface area contributed by atoms with Gasteiger partial charge in [0.25, 0.3) is 0 Å². The fourth-order valence-electron chi connectivity index (χ4n) is 3.49. The van der Waals surface area contributed by atoms with Crippen LogP contribution in [-0.2, 0) is 20.2 Å². The summed E-state index contributed by atoms with van der Waals surface area (Å²) in [7, 11) is -9.57. The third-order valence-corrected chi connectivity index (χ3v) is 7.84. The number of hydrogen-bond donors (Lipinski definition) is 4. The van der Waals surface area contributed by atoms with Gasteiger partial charge in [-0.3, -0.25) is 0 Å². The molecule has 0 spiro atoms. The Bertz CT molecular complexity index is 1120. The smallest absolute Gasteiger partial charge is 0.125 e. The Morgan fingerprint density at radius 1 is 0.605 bits per heavy atom. The largest absolute Gasteiger partial charge is 0.744 e. The van der Waals surface area contributed by atoms with Crippen LogP contribution in [0.4, 0.5) is 11.4 Å². The van der Waals surface area contributed by atoms with E-state index in [0.29, 0.717) is 0 Å². The molecule has 2 aromatic rings. The highest BCUT2D eigenvalue weighted by atomic mass is 32.2. The van der Waals surface area contributed by atoms with Crippen molar-refractivity contribution >= 4 is 43.8 Å². The zero-order valence-electron chi connectivity index (χ0n) is 23.3. The van der Waals surface area contributed by atoms with Gasteiger partial charge < -0.3 is 30.4 Å². The zero-order valence-corrected chi connectivity index (χ0v) is 24.9. The normalized spacial score (nSPS) is 11.7. The van der Waals surface area contributed by atoms with Gasteiger partial charge in [-0.15, -0.1) is 0 Å². The third-order valence-electron chi connectivity index (χ3n) is 6.06. The molecule has 10 nitrogen and oxygen atoms in total. The van der Waals surface area contributed by atoms with Crippen molar-refractivity contribution in [1.82, 2.24) is 0 Å². The molecule has 0 aliphatic rings. The lowest BCUT2D eigenvalue weighted by molar-refractivity contribution is -0.894.